The summed E-state index contributed by atoms with van der Waals surface area (Å²) < 4.78 is 14.9. The normalized spacial score (nSPS) is 15.2. The first-order chi connectivity index (χ1) is 10.9. The van der Waals surface area contributed by atoms with Crippen molar-refractivity contribution in [3.8, 4) is 11.5 Å². The van der Waals surface area contributed by atoms with Gasteiger partial charge >= 0.3 is 12.0 Å². The molecule has 0 aliphatic carbocycles. The van der Waals surface area contributed by atoms with Gasteiger partial charge in [-0.15, -0.1) is 0 Å². The number of nitrogens with one attached hydrogen (secondary N) is 2. The van der Waals surface area contributed by atoms with Gasteiger partial charge in [0.1, 0.15) is 5.70 Å². The zero-order valence-electron chi connectivity index (χ0n) is 12.3. The molecule has 0 spiro atoms. The first-order valence-electron chi connectivity index (χ1n) is 6.35. The minimum Gasteiger partial charge on any atom is -0.493 e. The largest absolute Gasteiger partial charge is 0.493 e. The number of hydrogen-bond donors (Lipinski definition) is 2. The summed E-state index contributed by atoms with van der Waals surface area (Å²) in [5.74, 6) is -0.685. The average Bonchev–Trinajstić information content (AvgIpc) is 2.82. The molecule has 1 aromatic rings. The summed E-state index contributed by atoms with van der Waals surface area (Å²) >= 11 is 6.12. The Morgan fingerprint density at radius 2 is 2.00 bits per heavy atom. The van der Waals surface area contributed by atoms with Gasteiger partial charge in [-0.05, 0) is 23.8 Å². The first-order valence-corrected chi connectivity index (χ1v) is 6.73. The third-order valence-electron chi connectivity index (χ3n) is 2.84. The number of imide groups is 1. The van der Waals surface area contributed by atoms with Gasteiger partial charge in [0.05, 0.1) is 19.2 Å². The lowest BCUT2D eigenvalue weighted by Crippen LogP contribution is -2.22. The number of rotatable bonds is 5. The van der Waals surface area contributed by atoms with Crippen LogP contribution >= 0.6 is 11.6 Å². The third kappa shape index (κ3) is 3.92. The topological polar surface area (TPSA) is 103 Å². The molecule has 1 aliphatic heterocycles. The highest BCUT2D eigenvalue weighted by Crippen LogP contribution is 2.37. The van der Waals surface area contributed by atoms with Crippen molar-refractivity contribution in [3.05, 3.63) is 28.4 Å². The molecule has 1 aromatic carbocycles. The average molecular weight is 341 g/mol. The molecule has 23 heavy (non-hydrogen) atoms. The van der Waals surface area contributed by atoms with Crippen molar-refractivity contribution in [3.63, 3.8) is 0 Å². The third-order valence-corrected chi connectivity index (χ3v) is 3.13. The number of esters is 1. The zero-order chi connectivity index (χ0) is 17.0. The number of halogens is 1. The van der Waals surface area contributed by atoms with Gasteiger partial charge in [-0.2, -0.15) is 0 Å². The van der Waals surface area contributed by atoms with Crippen LogP contribution in [-0.4, -0.2) is 38.7 Å². The van der Waals surface area contributed by atoms with E-state index in [1.807, 2.05) is 0 Å². The summed E-state index contributed by atoms with van der Waals surface area (Å²) in [4.78, 5) is 33.7. The number of methoxy groups -OCH3 is 2. The van der Waals surface area contributed by atoms with E-state index in [0.717, 1.165) is 0 Å². The van der Waals surface area contributed by atoms with Crippen LogP contribution in [0.15, 0.2) is 17.8 Å². The number of urea groups is 1. The lowest BCUT2D eigenvalue weighted by atomic mass is 10.1. The van der Waals surface area contributed by atoms with Crippen molar-refractivity contribution in [1.29, 1.82) is 0 Å². The van der Waals surface area contributed by atoms with Gasteiger partial charge in [0.25, 0.3) is 5.91 Å². The summed E-state index contributed by atoms with van der Waals surface area (Å²) in [6, 6.07) is 2.45. The van der Waals surface area contributed by atoms with E-state index in [9.17, 15) is 14.4 Å². The Bertz CT molecular complexity index is 701. The smallest absolute Gasteiger partial charge is 0.343 e. The number of carbonyl (C=O) groups is 3. The van der Waals surface area contributed by atoms with Gasteiger partial charge in [-0.3, -0.25) is 10.1 Å². The van der Waals surface area contributed by atoms with Crippen molar-refractivity contribution in [2.24, 2.45) is 0 Å². The second-order valence-electron chi connectivity index (χ2n) is 4.37. The Balaban J connectivity index is 2.29. The molecular formula is C14H13ClN2O6. The van der Waals surface area contributed by atoms with Crippen LogP contribution in [0.25, 0.3) is 6.08 Å². The Labute approximate surface area is 136 Å². The number of hydrogen-bond acceptors (Lipinski definition) is 6. The predicted molar refractivity (Wildman–Crippen MR) is 80.2 cm³/mol. The molecule has 8 nitrogen and oxygen atoms in total. The number of ether oxygens (including phenoxy) is 3. The van der Waals surface area contributed by atoms with Gasteiger partial charge in [-0.25, -0.2) is 9.59 Å². The van der Waals surface area contributed by atoms with Crippen LogP contribution in [0, 0.1) is 0 Å². The molecule has 0 unspecified atom stereocenters. The van der Waals surface area contributed by atoms with Gasteiger partial charge in [0.15, 0.2) is 18.1 Å². The Hall–Kier alpha value is -2.74. The molecule has 1 fully saturated rings. The van der Waals surface area contributed by atoms with Crippen LogP contribution in [-0.2, 0) is 14.3 Å². The molecule has 0 radical (unpaired) electrons. The monoisotopic (exact) mass is 340 g/mol. The second kappa shape index (κ2) is 7.01. The van der Waals surface area contributed by atoms with E-state index in [-0.39, 0.29) is 28.8 Å². The molecule has 0 saturated carbocycles. The number of benzene rings is 1. The SMILES string of the molecule is COC(=O)COc1c(Cl)cc(/C=C2\NC(=O)NC2=O)cc1OC. The summed E-state index contributed by atoms with van der Waals surface area (Å²) in [6.07, 6.45) is 1.43. The van der Waals surface area contributed by atoms with E-state index in [1.54, 1.807) is 6.07 Å². The van der Waals surface area contributed by atoms with Crippen molar-refractivity contribution >= 4 is 35.6 Å². The number of amides is 3. The van der Waals surface area contributed by atoms with Gasteiger partial charge in [0, 0.05) is 0 Å². The molecule has 1 heterocycles. The summed E-state index contributed by atoms with van der Waals surface area (Å²) in [7, 11) is 2.64. The van der Waals surface area contributed by atoms with Crippen molar-refractivity contribution in [2.75, 3.05) is 20.8 Å². The van der Waals surface area contributed by atoms with Crippen LogP contribution in [0.5, 0.6) is 11.5 Å². The highest BCUT2D eigenvalue weighted by Gasteiger charge is 2.23. The fourth-order valence-electron chi connectivity index (χ4n) is 1.80. The van der Waals surface area contributed by atoms with E-state index in [2.05, 4.69) is 15.4 Å². The number of carbonyl (C=O) groups excluding carboxylic acids is 3. The van der Waals surface area contributed by atoms with E-state index in [1.165, 1.54) is 26.4 Å². The fraction of sp³-hybridized carbons (Fsp3) is 0.214. The molecule has 1 saturated heterocycles. The van der Waals surface area contributed by atoms with Crippen molar-refractivity contribution in [1.82, 2.24) is 10.6 Å². The van der Waals surface area contributed by atoms with E-state index < -0.39 is 17.9 Å². The maximum atomic E-state index is 11.5. The highest BCUT2D eigenvalue weighted by molar-refractivity contribution is 6.32. The first kappa shape index (κ1) is 16.6. The van der Waals surface area contributed by atoms with Gasteiger partial charge in [0.2, 0.25) is 0 Å². The van der Waals surface area contributed by atoms with E-state index in [0.29, 0.717) is 5.56 Å². The minimum absolute atomic E-state index is 0.0800. The maximum Gasteiger partial charge on any atom is 0.343 e. The van der Waals surface area contributed by atoms with Crippen LogP contribution in [0.2, 0.25) is 5.02 Å². The van der Waals surface area contributed by atoms with Crippen molar-refractivity contribution in [2.45, 2.75) is 0 Å². The predicted octanol–water partition coefficient (Wildman–Crippen LogP) is 1.08. The Kier molecular flexibility index (Phi) is 5.07. The van der Waals surface area contributed by atoms with Crippen LogP contribution in [0.3, 0.4) is 0 Å². The summed E-state index contributed by atoms with van der Waals surface area (Å²) in [5.41, 5.74) is 0.584. The van der Waals surface area contributed by atoms with Gasteiger partial charge in [-0.1, -0.05) is 11.6 Å². The molecule has 0 aromatic heterocycles. The second-order valence-corrected chi connectivity index (χ2v) is 4.77. The lowest BCUT2D eigenvalue weighted by Gasteiger charge is -2.12. The minimum atomic E-state index is -0.600. The Morgan fingerprint density at radius 3 is 2.57 bits per heavy atom. The van der Waals surface area contributed by atoms with Crippen LogP contribution in [0.1, 0.15) is 5.56 Å². The van der Waals surface area contributed by atoms with Gasteiger partial charge < -0.3 is 19.5 Å². The fourth-order valence-corrected chi connectivity index (χ4v) is 2.08. The molecule has 1 aliphatic rings. The zero-order valence-corrected chi connectivity index (χ0v) is 13.0. The summed E-state index contributed by atoms with van der Waals surface area (Å²) in [5, 5.41) is 4.61. The molecule has 9 heteroatoms. The highest BCUT2D eigenvalue weighted by atomic mass is 35.5. The van der Waals surface area contributed by atoms with Crippen molar-refractivity contribution < 1.29 is 28.6 Å². The van der Waals surface area contributed by atoms with Crippen LogP contribution in [0.4, 0.5) is 4.79 Å². The molecule has 3 amide bonds. The standard InChI is InChI=1S/C14H13ClN2O6/c1-21-10-5-7(4-9-13(19)17-14(20)16-9)3-8(15)12(10)23-6-11(18)22-2/h3-5H,6H2,1-2H3,(H2,16,17,19,20)/b9-4-. The molecule has 2 N–H and O–H groups in total. The molecular weight excluding hydrogens is 328 g/mol. The molecule has 0 bridgehead atoms. The quantitative estimate of drug-likeness (QED) is 0.472. The maximum absolute atomic E-state index is 11.5. The Morgan fingerprint density at radius 1 is 1.26 bits per heavy atom. The lowest BCUT2D eigenvalue weighted by molar-refractivity contribution is -0.142. The molecule has 122 valence electrons. The summed E-state index contributed by atoms with van der Waals surface area (Å²) in [6.45, 7) is -0.328. The molecule has 0 atom stereocenters. The molecule has 2 rings (SSSR count). The van der Waals surface area contributed by atoms with Crippen LogP contribution < -0.4 is 20.1 Å². The van der Waals surface area contributed by atoms with E-state index >= 15 is 0 Å². The van der Waals surface area contributed by atoms with E-state index in [4.69, 9.17) is 21.1 Å².